The number of aryl methyl sites for hydroxylation is 1. The number of halogens is 2. The van der Waals surface area contributed by atoms with Gasteiger partial charge >= 0.3 is 0 Å². The normalized spacial score (nSPS) is 12.0. The molecule has 3 aromatic carbocycles. The molecule has 23 heavy (non-hydrogen) atoms. The lowest BCUT2D eigenvalue weighted by molar-refractivity contribution is 1.25. The monoisotopic (exact) mass is 383 g/mol. The van der Waals surface area contributed by atoms with Crippen LogP contribution in [0.4, 0.5) is 11.4 Å². The van der Waals surface area contributed by atoms with Crippen LogP contribution in [0.5, 0.6) is 0 Å². The number of para-hydroxylation sites is 1. The molecule has 1 N–H and O–H groups in total. The first-order valence-electron chi connectivity index (χ1n) is 7.57. The van der Waals surface area contributed by atoms with Crippen molar-refractivity contribution in [3.63, 3.8) is 0 Å². The molecule has 1 aliphatic rings. The van der Waals surface area contributed by atoms with Gasteiger partial charge in [-0.25, -0.2) is 0 Å². The molecule has 1 nitrogen and oxygen atoms in total. The molecule has 0 amide bonds. The Labute approximate surface area is 149 Å². The van der Waals surface area contributed by atoms with Crippen LogP contribution in [0.15, 0.2) is 59.1 Å². The van der Waals surface area contributed by atoms with Gasteiger partial charge in [0.05, 0.1) is 10.7 Å². The Morgan fingerprint density at radius 1 is 1.00 bits per heavy atom. The summed E-state index contributed by atoms with van der Waals surface area (Å²) >= 11 is 10.1. The molecule has 0 aliphatic heterocycles. The highest BCUT2D eigenvalue weighted by atomic mass is 79.9. The van der Waals surface area contributed by atoms with Crippen molar-refractivity contribution in [3.05, 3.63) is 80.8 Å². The van der Waals surface area contributed by atoms with E-state index in [4.69, 9.17) is 11.6 Å². The summed E-state index contributed by atoms with van der Waals surface area (Å²) in [7, 11) is 0. The van der Waals surface area contributed by atoms with Crippen molar-refractivity contribution in [1.29, 1.82) is 0 Å². The molecule has 0 radical (unpaired) electrons. The lowest BCUT2D eigenvalue weighted by Crippen LogP contribution is -1.98. The maximum absolute atomic E-state index is 6.31. The van der Waals surface area contributed by atoms with Crippen molar-refractivity contribution >= 4 is 38.9 Å². The fraction of sp³-hybridized carbons (Fsp3) is 0.100. The van der Waals surface area contributed by atoms with Crippen molar-refractivity contribution < 1.29 is 0 Å². The van der Waals surface area contributed by atoms with Crippen molar-refractivity contribution in [2.75, 3.05) is 5.32 Å². The zero-order chi connectivity index (χ0) is 16.0. The van der Waals surface area contributed by atoms with Crippen LogP contribution in [0.25, 0.3) is 11.1 Å². The standard InChI is InChI=1S/C20H15BrClN/c1-12-10-18(23-17-9-5-4-8-16(17)22)15-11-13-6-2-3-7-14(13)19(15)20(12)21/h2-10,23H,11H2,1H3. The summed E-state index contributed by atoms with van der Waals surface area (Å²) in [6.07, 6.45) is 0.942. The molecule has 0 unspecified atom stereocenters. The van der Waals surface area contributed by atoms with Gasteiger partial charge in [0, 0.05) is 22.1 Å². The molecule has 1 aliphatic carbocycles. The highest BCUT2D eigenvalue weighted by Gasteiger charge is 2.24. The lowest BCUT2D eigenvalue weighted by atomic mass is 10.0. The summed E-state index contributed by atoms with van der Waals surface area (Å²) in [5.74, 6) is 0. The van der Waals surface area contributed by atoms with E-state index >= 15 is 0 Å². The van der Waals surface area contributed by atoms with Gasteiger partial charge < -0.3 is 5.32 Å². The van der Waals surface area contributed by atoms with Crippen LogP contribution in [-0.4, -0.2) is 0 Å². The molecule has 0 heterocycles. The number of hydrogen-bond acceptors (Lipinski definition) is 1. The van der Waals surface area contributed by atoms with E-state index in [0.29, 0.717) is 0 Å². The van der Waals surface area contributed by atoms with Crippen LogP contribution >= 0.6 is 27.5 Å². The van der Waals surface area contributed by atoms with Crippen molar-refractivity contribution in [2.24, 2.45) is 0 Å². The second kappa shape index (κ2) is 5.70. The molecule has 3 heteroatoms. The van der Waals surface area contributed by atoms with E-state index in [0.717, 1.165) is 22.8 Å². The predicted octanol–water partition coefficient (Wildman–Crippen LogP) is 6.73. The summed E-state index contributed by atoms with van der Waals surface area (Å²) in [5.41, 5.74) is 8.60. The van der Waals surface area contributed by atoms with Crippen molar-refractivity contribution in [1.82, 2.24) is 0 Å². The largest absolute Gasteiger partial charge is 0.354 e. The third-order valence-electron chi connectivity index (χ3n) is 4.35. The third-order valence-corrected chi connectivity index (χ3v) is 5.70. The molecule has 114 valence electrons. The molecule has 4 rings (SSSR count). The van der Waals surface area contributed by atoms with Crippen LogP contribution in [-0.2, 0) is 6.42 Å². The molecule has 0 bridgehead atoms. The number of anilines is 2. The maximum atomic E-state index is 6.31. The molecule has 3 aromatic rings. The van der Waals surface area contributed by atoms with E-state index in [1.54, 1.807) is 0 Å². The van der Waals surface area contributed by atoms with Crippen molar-refractivity contribution in [2.45, 2.75) is 13.3 Å². The second-order valence-corrected chi connectivity index (χ2v) is 7.05. The first kappa shape index (κ1) is 14.8. The minimum absolute atomic E-state index is 0.734. The fourth-order valence-corrected chi connectivity index (χ4v) is 3.97. The van der Waals surface area contributed by atoms with Gasteiger partial charge in [-0.3, -0.25) is 0 Å². The van der Waals surface area contributed by atoms with E-state index < -0.39 is 0 Å². The van der Waals surface area contributed by atoms with Gasteiger partial charge in [0.1, 0.15) is 0 Å². The fourth-order valence-electron chi connectivity index (χ4n) is 3.22. The summed E-state index contributed by atoms with van der Waals surface area (Å²) < 4.78 is 1.18. The molecular formula is C20H15BrClN. The van der Waals surface area contributed by atoms with Gasteiger partial charge in [-0.1, -0.05) is 48.0 Å². The Hall–Kier alpha value is -1.77. The third kappa shape index (κ3) is 2.46. The second-order valence-electron chi connectivity index (χ2n) is 5.85. The predicted molar refractivity (Wildman–Crippen MR) is 102 cm³/mol. The maximum Gasteiger partial charge on any atom is 0.0640 e. The molecule has 0 saturated carbocycles. The Bertz CT molecular complexity index is 918. The van der Waals surface area contributed by atoms with Crippen LogP contribution in [0.1, 0.15) is 16.7 Å². The first-order chi connectivity index (χ1) is 11.1. The zero-order valence-electron chi connectivity index (χ0n) is 12.7. The average Bonchev–Trinajstić information content (AvgIpc) is 2.94. The molecule has 0 saturated heterocycles. The number of fused-ring (bicyclic) bond motifs is 3. The summed E-state index contributed by atoms with van der Waals surface area (Å²) in [5, 5.41) is 4.26. The van der Waals surface area contributed by atoms with Gasteiger partial charge in [0.15, 0.2) is 0 Å². The van der Waals surface area contributed by atoms with Crippen LogP contribution < -0.4 is 5.32 Å². The molecular weight excluding hydrogens is 370 g/mol. The minimum atomic E-state index is 0.734. The van der Waals surface area contributed by atoms with Gasteiger partial charge in [-0.2, -0.15) is 0 Å². The quantitative estimate of drug-likeness (QED) is 0.404. The Morgan fingerprint density at radius 2 is 1.74 bits per heavy atom. The molecule has 0 spiro atoms. The minimum Gasteiger partial charge on any atom is -0.354 e. The molecule has 0 aromatic heterocycles. The SMILES string of the molecule is Cc1cc(Nc2ccccc2Cl)c2c(c1Br)-c1ccccc1C2. The summed E-state index contributed by atoms with van der Waals surface area (Å²) in [4.78, 5) is 0. The summed E-state index contributed by atoms with van der Waals surface area (Å²) in [6.45, 7) is 2.13. The van der Waals surface area contributed by atoms with Crippen LogP contribution in [0.2, 0.25) is 5.02 Å². The van der Waals surface area contributed by atoms with Gasteiger partial charge in [0.2, 0.25) is 0 Å². The van der Waals surface area contributed by atoms with E-state index in [2.05, 4.69) is 58.5 Å². The van der Waals surface area contributed by atoms with E-state index in [9.17, 15) is 0 Å². The zero-order valence-corrected chi connectivity index (χ0v) is 15.0. The number of hydrogen-bond donors (Lipinski definition) is 1. The van der Waals surface area contributed by atoms with Crippen LogP contribution in [0, 0.1) is 6.92 Å². The Kier molecular flexibility index (Phi) is 3.67. The van der Waals surface area contributed by atoms with Gasteiger partial charge in [0.25, 0.3) is 0 Å². The van der Waals surface area contributed by atoms with Gasteiger partial charge in [-0.15, -0.1) is 0 Å². The van der Waals surface area contributed by atoms with E-state index in [-0.39, 0.29) is 0 Å². The number of nitrogens with one attached hydrogen (secondary N) is 1. The Morgan fingerprint density at radius 3 is 2.57 bits per heavy atom. The highest BCUT2D eigenvalue weighted by Crippen LogP contribution is 2.46. The average molecular weight is 385 g/mol. The Balaban J connectivity index is 1.88. The van der Waals surface area contributed by atoms with Crippen LogP contribution in [0.3, 0.4) is 0 Å². The van der Waals surface area contributed by atoms with Gasteiger partial charge in [-0.05, 0) is 63.3 Å². The van der Waals surface area contributed by atoms with E-state index in [1.807, 2.05) is 24.3 Å². The number of rotatable bonds is 2. The smallest absolute Gasteiger partial charge is 0.0640 e. The van der Waals surface area contributed by atoms with E-state index in [1.165, 1.54) is 32.3 Å². The topological polar surface area (TPSA) is 12.0 Å². The lowest BCUT2D eigenvalue weighted by Gasteiger charge is -2.16. The first-order valence-corrected chi connectivity index (χ1v) is 8.74. The van der Waals surface area contributed by atoms with Crippen molar-refractivity contribution in [3.8, 4) is 11.1 Å². The highest BCUT2D eigenvalue weighted by molar-refractivity contribution is 9.10. The molecule has 0 atom stereocenters. The number of benzene rings is 3. The molecule has 0 fully saturated rings. The summed E-state index contributed by atoms with van der Waals surface area (Å²) in [6, 6.07) is 18.7.